The molecular weight excluding hydrogens is 228 g/mol. The SMILES string of the molecule is Cc1ccc(-c2nc(CN(C)CCO)co2)cc1. The monoisotopic (exact) mass is 246 g/mol. The minimum absolute atomic E-state index is 0.152. The van der Waals surface area contributed by atoms with Crippen LogP contribution in [0.25, 0.3) is 11.5 Å². The van der Waals surface area contributed by atoms with E-state index in [9.17, 15) is 0 Å². The predicted molar refractivity (Wildman–Crippen MR) is 70.1 cm³/mol. The standard InChI is InChI=1S/C14H18N2O2/c1-11-3-5-12(6-4-11)14-15-13(10-18-14)9-16(2)7-8-17/h3-6,10,17H,7-9H2,1-2H3. The summed E-state index contributed by atoms with van der Waals surface area (Å²) in [5, 5.41) is 8.84. The summed E-state index contributed by atoms with van der Waals surface area (Å²) in [6, 6.07) is 8.08. The molecule has 0 aliphatic rings. The number of aliphatic hydroxyl groups excluding tert-OH is 1. The number of aryl methyl sites for hydroxylation is 1. The minimum Gasteiger partial charge on any atom is -0.444 e. The van der Waals surface area contributed by atoms with E-state index in [-0.39, 0.29) is 6.61 Å². The van der Waals surface area contributed by atoms with Crippen molar-refractivity contribution in [3.63, 3.8) is 0 Å². The van der Waals surface area contributed by atoms with E-state index in [0.717, 1.165) is 11.3 Å². The molecule has 0 amide bonds. The molecule has 1 aromatic carbocycles. The fourth-order valence-corrected chi connectivity index (χ4v) is 1.73. The first-order valence-electron chi connectivity index (χ1n) is 6.00. The second-order valence-corrected chi connectivity index (χ2v) is 4.47. The van der Waals surface area contributed by atoms with Crippen molar-refractivity contribution in [3.05, 3.63) is 41.8 Å². The highest BCUT2D eigenvalue weighted by molar-refractivity contribution is 5.53. The summed E-state index contributed by atoms with van der Waals surface area (Å²) in [4.78, 5) is 6.44. The molecule has 0 saturated heterocycles. The lowest BCUT2D eigenvalue weighted by molar-refractivity contribution is 0.216. The summed E-state index contributed by atoms with van der Waals surface area (Å²) in [7, 11) is 1.94. The van der Waals surface area contributed by atoms with Crippen molar-refractivity contribution in [1.82, 2.24) is 9.88 Å². The molecule has 96 valence electrons. The van der Waals surface area contributed by atoms with E-state index in [1.165, 1.54) is 5.56 Å². The van der Waals surface area contributed by atoms with Gasteiger partial charge in [0.2, 0.25) is 5.89 Å². The molecule has 2 aromatic rings. The highest BCUT2D eigenvalue weighted by atomic mass is 16.3. The molecule has 4 nitrogen and oxygen atoms in total. The van der Waals surface area contributed by atoms with Crippen molar-refractivity contribution in [2.45, 2.75) is 13.5 Å². The van der Waals surface area contributed by atoms with Crippen LogP contribution in [-0.2, 0) is 6.54 Å². The molecule has 0 radical (unpaired) electrons. The van der Waals surface area contributed by atoms with Crippen LogP contribution in [0, 0.1) is 6.92 Å². The van der Waals surface area contributed by atoms with Crippen LogP contribution in [0.5, 0.6) is 0 Å². The zero-order chi connectivity index (χ0) is 13.0. The van der Waals surface area contributed by atoms with E-state index in [1.54, 1.807) is 6.26 Å². The summed E-state index contributed by atoms with van der Waals surface area (Å²) < 4.78 is 5.47. The van der Waals surface area contributed by atoms with Gasteiger partial charge in [-0.05, 0) is 26.1 Å². The van der Waals surface area contributed by atoms with Gasteiger partial charge in [-0.1, -0.05) is 17.7 Å². The number of rotatable bonds is 5. The first-order chi connectivity index (χ1) is 8.69. The summed E-state index contributed by atoms with van der Waals surface area (Å²) in [5.74, 6) is 0.641. The highest BCUT2D eigenvalue weighted by Crippen LogP contribution is 2.19. The van der Waals surface area contributed by atoms with Crippen LogP contribution in [-0.4, -0.2) is 35.2 Å². The number of nitrogens with zero attached hydrogens (tertiary/aromatic N) is 2. The topological polar surface area (TPSA) is 49.5 Å². The highest BCUT2D eigenvalue weighted by Gasteiger charge is 2.08. The van der Waals surface area contributed by atoms with Crippen molar-refractivity contribution >= 4 is 0 Å². The van der Waals surface area contributed by atoms with E-state index in [1.807, 2.05) is 36.2 Å². The Morgan fingerprint density at radius 3 is 2.67 bits per heavy atom. The lowest BCUT2D eigenvalue weighted by Crippen LogP contribution is -2.21. The maximum atomic E-state index is 8.84. The Bertz CT molecular complexity index is 491. The van der Waals surface area contributed by atoms with Gasteiger partial charge in [-0.25, -0.2) is 4.98 Å². The van der Waals surface area contributed by atoms with Crippen molar-refractivity contribution in [3.8, 4) is 11.5 Å². The van der Waals surface area contributed by atoms with Gasteiger partial charge in [0.25, 0.3) is 0 Å². The molecule has 0 spiro atoms. The number of hydrogen-bond acceptors (Lipinski definition) is 4. The van der Waals surface area contributed by atoms with E-state index in [0.29, 0.717) is 19.0 Å². The van der Waals surface area contributed by atoms with E-state index in [2.05, 4.69) is 11.9 Å². The Balaban J connectivity index is 2.08. The molecule has 4 heteroatoms. The molecule has 18 heavy (non-hydrogen) atoms. The number of hydrogen-bond donors (Lipinski definition) is 1. The van der Waals surface area contributed by atoms with Crippen molar-refractivity contribution in [1.29, 1.82) is 0 Å². The second-order valence-electron chi connectivity index (χ2n) is 4.47. The molecule has 1 N–H and O–H groups in total. The Hall–Kier alpha value is -1.65. The van der Waals surface area contributed by atoms with Gasteiger partial charge in [0.1, 0.15) is 6.26 Å². The maximum absolute atomic E-state index is 8.84. The quantitative estimate of drug-likeness (QED) is 0.877. The van der Waals surface area contributed by atoms with E-state index >= 15 is 0 Å². The van der Waals surface area contributed by atoms with Crippen LogP contribution in [0.4, 0.5) is 0 Å². The van der Waals surface area contributed by atoms with Crippen LogP contribution in [0.3, 0.4) is 0 Å². The van der Waals surface area contributed by atoms with Crippen LogP contribution in [0.2, 0.25) is 0 Å². The van der Waals surface area contributed by atoms with E-state index < -0.39 is 0 Å². The lowest BCUT2D eigenvalue weighted by atomic mass is 10.1. The third-order valence-electron chi connectivity index (χ3n) is 2.76. The number of aliphatic hydroxyl groups is 1. The molecule has 0 bridgehead atoms. The largest absolute Gasteiger partial charge is 0.444 e. The van der Waals surface area contributed by atoms with Crippen LogP contribution in [0.1, 0.15) is 11.3 Å². The molecule has 0 atom stereocenters. The number of benzene rings is 1. The van der Waals surface area contributed by atoms with Crippen molar-refractivity contribution < 1.29 is 9.52 Å². The zero-order valence-corrected chi connectivity index (χ0v) is 10.8. The third-order valence-corrected chi connectivity index (χ3v) is 2.76. The molecular formula is C14H18N2O2. The van der Waals surface area contributed by atoms with Gasteiger partial charge >= 0.3 is 0 Å². The van der Waals surface area contributed by atoms with Gasteiger partial charge in [0, 0.05) is 18.7 Å². The zero-order valence-electron chi connectivity index (χ0n) is 10.8. The minimum atomic E-state index is 0.152. The summed E-state index contributed by atoms with van der Waals surface area (Å²) >= 11 is 0. The molecule has 0 unspecified atom stereocenters. The van der Waals surface area contributed by atoms with Crippen LogP contribution < -0.4 is 0 Å². The summed E-state index contributed by atoms with van der Waals surface area (Å²) in [6.07, 6.45) is 1.67. The van der Waals surface area contributed by atoms with Gasteiger partial charge in [-0.3, -0.25) is 4.90 Å². The summed E-state index contributed by atoms with van der Waals surface area (Å²) in [6.45, 7) is 3.51. The number of aromatic nitrogens is 1. The Kier molecular flexibility index (Phi) is 4.12. The molecule has 0 aliphatic heterocycles. The molecule has 0 fully saturated rings. The first kappa shape index (κ1) is 12.8. The molecule has 0 aliphatic carbocycles. The van der Waals surface area contributed by atoms with E-state index in [4.69, 9.17) is 9.52 Å². The van der Waals surface area contributed by atoms with Gasteiger partial charge < -0.3 is 9.52 Å². The average Bonchev–Trinajstić information content (AvgIpc) is 2.78. The summed E-state index contributed by atoms with van der Waals surface area (Å²) in [5.41, 5.74) is 3.08. The lowest BCUT2D eigenvalue weighted by Gasteiger charge is -2.11. The molecule has 1 heterocycles. The number of oxazole rings is 1. The molecule has 1 aromatic heterocycles. The molecule has 2 rings (SSSR count). The molecule has 0 saturated carbocycles. The maximum Gasteiger partial charge on any atom is 0.226 e. The van der Waals surface area contributed by atoms with Crippen molar-refractivity contribution in [2.24, 2.45) is 0 Å². The van der Waals surface area contributed by atoms with Gasteiger partial charge in [0.05, 0.1) is 12.3 Å². The smallest absolute Gasteiger partial charge is 0.226 e. The van der Waals surface area contributed by atoms with Gasteiger partial charge in [0.15, 0.2) is 0 Å². The normalized spacial score (nSPS) is 11.1. The van der Waals surface area contributed by atoms with Gasteiger partial charge in [-0.15, -0.1) is 0 Å². The Labute approximate surface area is 107 Å². The number of likely N-dealkylation sites (N-methyl/N-ethyl adjacent to an activating group) is 1. The van der Waals surface area contributed by atoms with Crippen LogP contribution in [0.15, 0.2) is 34.9 Å². The average molecular weight is 246 g/mol. The fraction of sp³-hybridized carbons (Fsp3) is 0.357. The predicted octanol–water partition coefficient (Wildman–Crippen LogP) is 2.07. The van der Waals surface area contributed by atoms with Crippen molar-refractivity contribution in [2.75, 3.05) is 20.2 Å². The Morgan fingerprint density at radius 1 is 1.28 bits per heavy atom. The third kappa shape index (κ3) is 3.18. The van der Waals surface area contributed by atoms with Crippen LogP contribution >= 0.6 is 0 Å². The first-order valence-corrected chi connectivity index (χ1v) is 6.00. The second kappa shape index (κ2) is 5.80. The fourth-order valence-electron chi connectivity index (χ4n) is 1.73. The van der Waals surface area contributed by atoms with Gasteiger partial charge in [-0.2, -0.15) is 0 Å². The Morgan fingerprint density at radius 2 is 2.00 bits per heavy atom.